The number of halogens is 1. The van der Waals surface area contributed by atoms with Gasteiger partial charge in [-0.25, -0.2) is 14.4 Å². The molecule has 1 fully saturated rings. The molecule has 0 aliphatic carbocycles. The van der Waals surface area contributed by atoms with Crippen LogP contribution in [0.15, 0.2) is 91.3 Å². The summed E-state index contributed by atoms with van der Waals surface area (Å²) in [6.45, 7) is 1.96. The number of anilines is 1. The molecule has 0 radical (unpaired) electrons. The molecule has 11 nitrogen and oxygen atoms in total. The Labute approximate surface area is 282 Å². The lowest BCUT2D eigenvalue weighted by molar-refractivity contribution is -0.135. The largest absolute Gasteiger partial charge is 0.338 e. The normalized spacial score (nSPS) is 17.9. The molecule has 1 unspecified atom stereocenters. The molecule has 49 heavy (non-hydrogen) atoms. The van der Waals surface area contributed by atoms with Crippen molar-refractivity contribution in [3.8, 4) is 22.6 Å². The lowest BCUT2D eigenvalue weighted by Crippen LogP contribution is -2.57. The van der Waals surface area contributed by atoms with Crippen LogP contribution in [-0.4, -0.2) is 98.4 Å². The van der Waals surface area contributed by atoms with Crippen LogP contribution in [0.25, 0.3) is 39.1 Å². The summed E-state index contributed by atoms with van der Waals surface area (Å²) in [6.07, 6.45) is 7.31. The lowest BCUT2D eigenvalue weighted by atomic mass is 9.95. The van der Waals surface area contributed by atoms with Crippen LogP contribution in [0.4, 0.5) is 10.1 Å². The standard InChI is InChI=1S/C37H35FN8O3/c1-44(24-47)37(36(49)41-30-11-12-32-31(21-30)34(43-42-32)27-7-9-29(38)10-8-27)15-20-45(23-37)22-33(48)46-18-13-26(14-19-46)25-3-5-28(6-4-25)35-39-16-2-17-40-35/h2-13,16-17,21,24H,14-15,18-20,22-23H2,1H3,(H,41,49)(H,42,43). The van der Waals surface area contributed by atoms with Crippen molar-refractivity contribution in [2.75, 3.05) is 45.1 Å². The summed E-state index contributed by atoms with van der Waals surface area (Å²) >= 11 is 0. The first-order valence-electron chi connectivity index (χ1n) is 16.1. The van der Waals surface area contributed by atoms with E-state index in [4.69, 9.17) is 0 Å². The molecular weight excluding hydrogens is 623 g/mol. The van der Waals surface area contributed by atoms with Gasteiger partial charge < -0.3 is 15.1 Å². The van der Waals surface area contributed by atoms with E-state index in [0.717, 1.165) is 34.0 Å². The van der Waals surface area contributed by atoms with E-state index >= 15 is 0 Å². The topological polar surface area (TPSA) is 127 Å². The van der Waals surface area contributed by atoms with Gasteiger partial charge in [0.2, 0.25) is 12.3 Å². The molecule has 248 valence electrons. The minimum atomic E-state index is -1.15. The Kier molecular flexibility index (Phi) is 8.70. The highest BCUT2D eigenvalue weighted by Crippen LogP contribution is 2.32. The van der Waals surface area contributed by atoms with Crippen LogP contribution in [0.2, 0.25) is 0 Å². The van der Waals surface area contributed by atoms with Gasteiger partial charge >= 0.3 is 0 Å². The van der Waals surface area contributed by atoms with Crippen molar-refractivity contribution in [3.63, 3.8) is 0 Å². The van der Waals surface area contributed by atoms with E-state index in [1.165, 1.54) is 22.6 Å². The van der Waals surface area contributed by atoms with Crippen molar-refractivity contribution in [1.29, 1.82) is 0 Å². The number of likely N-dealkylation sites (tertiary alicyclic amines) is 1. The second kappa shape index (κ2) is 13.4. The quantitative estimate of drug-likeness (QED) is 0.222. The molecule has 5 aromatic rings. The third-order valence-corrected chi connectivity index (χ3v) is 9.52. The molecule has 2 aromatic heterocycles. The van der Waals surface area contributed by atoms with Crippen molar-refractivity contribution >= 4 is 40.4 Å². The number of benzene rings is 3. The summed E-state index contributed by atoms with van der Waals surface area (Å²) in [7, 11) is 1.60. The molecule has 7 rings (SSSR count). The number of carbonyl (C=O) groups is 3. The Morgan fingerprint density at radius 2 is 1.73 bits per heavy atom. The Bertz CT molecular complexity index is 2030. The number of nitrogens with zero attached hydrogens (tertiary/aromatic N) is 6. The van der Waals surface area contributed by atoms with Gasteiger partial charge in [0.05, 0.1) is 17.8 Å². The van der Waals surface area contributed by atoms with Gasteiger partial charge in [0.15, 0.2) is 5.82 Å². The van der Waals surface area contributed by atoms with E-state index in [0.29, 0.717) is 49.7 Å². The van der Waals surface area contributed by atoms with Crippen LogP contribution < -0.4 is 5.32 Å². The third kappa shape index (κ3) is 6.42. The first-order valence-corrected chi connectivity index (χ1v) is 16.1. The minimum Gasteiger partial charge on any atom is -0.338 e. The smallest absolute Gasteiger partial charge is 0.251 e. The monoisotopic (exact) mass is 658 g/mol. The Morgan fingerprint density at radius 1 is 1.00 bits per heavy atom. The SMILES string of the molecule is CN(C=O)C1(C(=O)Nc2ccc3[nH]nc(-c4ccc(F)cc4)c3c2)CCN(CC(=O)N2CC=C(c3ccc(-c4ncccn4)cc3)CC2)C1. The molecule has 0 saturated carbocycles. The number of rotatable bonds is 9. The lowest BCUT2D eigenvalue weighted by Gasteiger charge is -2.35. The second-order valence-corrected chi connectivity index (χ2v) is 12.5. The number of fused-ring (bicyclic) bond motifs is 1. The van der Waals surface area contributed by atoms with Crippen LogP contribution >= 0.6 is 0 Å². The predicted octanol–water partition coefficient (Wildman–Crippen LogP) is 4.61. The number of hydrogen-bond acceptors (Lipinski definition) is 7. The predicted molar refractivity (Wildman–Crippen MR) is 184 cm³/mol. The fourth-order valence-electron chi connectivity index (χ4n) is 6.64. The van der Waals surface area contributed by atoms with Crippen LogP contribution in [0.3, 0.4) is 0 Å². The van der Waals surface area contributed by atoms with Gasteiger partial charge in [0, 0.05) is 67.8 Å². The number of H-pyrrole nitrogens is 1. The van der Waals surface area contributed by atoms with E-state index in [1.54, 1.807) is 43.7 Å². The summed E-state index contributed by atoms with van der Waals surface area (Å²) in [6, 6.07) is 21.4. The van der Waals surface area contributed by atoms with Crippen molar-refractivity contribution in [2.24, 2.45) is 0 Å². The molecule has 3 aromatic carbocycles. The zero-order valence-electron chi connectivity index (χ0n) is 27.0. The van der Waals surface area contributed by atoms with Gasteiger partial charge in [-0.2, -0.15) is 5.10 Å². The van der Waals surface area contributed by atoms with E-state index < -0.39 is 5.54 Å². The fraction of sp³-hybridized carbons (Fsp3) is 0.243. The first kappa shape index (κ1) is 31.8. The Balaban J connectivity index is 0.995. The molecule has 2 aliphatic rings. The molecule has 2 aliphatic heterocycles. The molecule has 1 atom stereocenters. The summed E-state index contributed by atoms with van der Waals surface area (Å²) < 4.78 is 13.5. The van der Waals surface area contributed by atoms with Crippen LogP contribution in [0.5, 0.6) is 0 Å². The Hall–Kier alpha value is -5.75. The Morgan fingerprint density at radius 3 is 2.45 bits per heavy atom. The highest BCUT2D eigenvalue weighted by molar-refractivity contribution is 6.02. The summed E-state index contributed by atoms with van der Waals surface area (Å²) in [5.74, 6) is -0.0128. The minimum absolute atomic E-state index is 0.0180. The second-order valence-electron chi connectivity index (χ2n) is 12.5. The van der Waals surface area contributed by atoms with Gasteiger partial charge in [-0.3, -0.25) is 24.4 Å². The van der Waals surface area contributed by atoms with Gasteiger partial charge in [0.25, 0.3) is 5.91 Å². The average molecular weight is 659 g/mol. The third-order valence-electron chi connectivity index (χ3n) is 9.52. The van der Waals surface area contributed by atoms with Gasteiger partial charge in [-0.05, 0) is 72.5 Å². The number of likely N-dealkylation sites (N-methyl/N-ethyl adjacent to an activating group) is 1. The molecule has 3 amide bonds. The molecule has 12 heteroatoms. The van der Waals surface area contributed by atoms with E-state index in [-0.39, 0.29) is 30.7 Å². The van der Waals surface area contributed by atoms with Crippen LogP contribution in [0.1, 0.15) is 18.4 Å². The maximum absolute atomic E-state index is 13.9. The van der Waals surface area contributed by atoms with Crippen molar-refractivity contribution in [3.05, 3.63) is 103 Å². The molecule has 2 N–H and O–H groups in total. The van der Waals surface area contributed by atoms with E-state index in [9.17, 15) is 18.8 Å². The van der Waals surface area contributed by atoms with Gasteiger partial charge in [0.1, 0.15) is 11.4 Å². The van der Waals surface area contributed by atoms with Crippen LogP contribution in [0, 0.1) is 5.82 Å². The number of amides is 3. The highest BCUT2D eigenvalue weighted by atomic mass is 19.1. The number of aromatic amines is 1. The van der Waals surface area contributed by atoms with Gasteiger partial charge in [-0.1, -0.05) is 30.3 Å². The van der Waals surface area contributed by atoms with Crippen molar-refractivity contribution in [2.45, 2.75) is 18.4 Å². The maximum atomic E-state index is 13.9. The van der Waals surface area contributed by atoms with Gasteiger partial charge in [-0.15, -0.1) is 0 Å². The molecule has 4 heterocycles. The molecule has 0 bridgehead atoms. The number of hydrogen-bond donors (Lipinski definition) is 2. The summed E-state index contributed by atoms with van der Waals surface area (Å²) in [4.78, 5) is 53.1. The zero-order chi connectivity index (χ0) is 34.0. The highest BCUT2D eigenvalue weighted by Gasteiger charge is 2.48. The van der Waals surface area contributed by atoms with Crippen molar-refractivity contribution in [1.82, 2.24) is 34.9 Å². The molecule has 0 spiro atoms. The fourth-order valence-corrected chi connectivity index (χ4v) is 6.64. The maximum Gasteiger partial charge on any atom is 0.251 e. The summed E-state index contributed by atoms with van der Waals surface area (Å²) in [5.41, 5.74) is 4.75. The van der Waals surface area contributed by atoms with E-state index in [1.807, 2.05) is 34.1 Å². The van der Waals surface area contributed by atoms with Crippen molar-refractivity contribution < 1.29 is 18.8 Å². The molecular formula is C37H35FN8O3. The number of nitrogens with one attached hydrogen (secondary N) is 2. The summed E-state index contributed by atoms with van der Waals surface area (Å²) in [5, 5.41) is 11.1. The van der Waals surface area contributed by atoms with E-state index in [2.05, 4.69) is 43.7 Å². The van der Waals surface area contributed by atoms with Crippen LogP contribution in [-0.2, 0) is 14.4 Å². The zero-order valence-corrected chi connectivity index (χ0v) is 27.0. The first-order chi connectivity index (χ1) is 23.8. The molecule has 1 saturated heterocycles. The average Bonchev–Trinajstić information content (AvgIpc) is 3.77. The number of aromatic nitrogens is 4. The number of carbonyl (C=O) groups excluding carboxylic acids is 3.